The maximum absolute atomic E-state index is 9.33. The predicted octanol–water partition coefficient (Wildman–Crippen LogP) is -1.04. The van der Waals surface area contributed by atoms with Gasteiger partial charge in [-0.05, 0) is 6.92 Å². The van der Waals surface area contributed by atoms with Crippen LogP contribution in [0.4, 0.5) is 0 Å². The second kappa shape index (κ2) is 8.11. The van der Waals surface area contributed by atoms with Gasteiger partial charge in [0.25, 0.3) is 0 Å². The SMILES string of the molecule is CCO[Si](O)(O)OOC(OC)(OC)C(OC)OC. The van der Waals surface area contributed by atoms with E-state index in [2.05, 4.69) is 9.00 Å². The Labute approximate surface area is 106 Å². The molecular formula is C8H20O9Si. The largest absolute Gasteiger partial charge is 0.702 e. The second-order valence-corrected chi connectivity index (χ2v) is 4.52. The summed E-state index contributed by atoms with van der Waals surface area (Å²) in [6.45, 7) is 1.60. The van der Waals surface area contributed by atoms with Gasteiger partial charge in [0.2, 0.25) is 6.29 Å². The second-order valence-electron chi connectivity index (χ2n) is 2.96. The molecule has 0 unspecified atom stereocenters. The van der Waals surface area contributed by atoms with Crippen molar-refractivity contribution in [2.45, 2.75) is 19.2 Å². The third kappa shape index (κ3) is 4.85. The van der Waals surface area contributed by atoms with Gasteiger partial charge in [0.1, 0.15) is 0 Å². The molecule has 0 fully saturated rings. The van der Waals surface area contributed by atoms with Crippen LogP contribution < -0.4 is 0 Å². The summed E-state index contributed by atoms with van der Waals surface area (Å²) in [6.07, 6.45) is -1.13. The third-order valence-corrected chi connectivity index (χ3v) is 2.85. The predicted molar refractivity (Wildman–Crippen MR) is 58.5 cm³/mol. The van der Waals surface area contributed by atoms with Crippen molar-refractivity contribution in [2.75, 3.05) is 35.0 Å². The number of hydrogen-bond acceptors (Lipinski definition) is 9. The van der Waals surface area contributed by atoms with Gasteiger partial charge in [-0.2, -0.15) is 9.46 Å². The Morgan fingerprint density at radius 2 is 1.56 bits per heavy atom. The van der Waals surface area contributed by atoms with Crippen LogP contribution in [0.2, 0.25) is 0 Å². The van der Waals surface area contributed by atoms with E-state index in [1.54, 1.807) is 6.92 Å². The lowest BCUT2D eigenvalue weighted by atomic mass is 10.5. The van der Waals surface area contributed by atoms with Crippen molar-refractivity contribution in [3.8, 4) is 0 Å². The summed E-state index contributed by atoms with van der Waals surface area (Å²) in [6, 6.07) is 0. The normalized spacial score (nSPS) is 13.3. The fourth-order valence-electron chi connectivity index (χ4n) is 1.09. The molecule has 10 heteroatoms. The van der Waals surface area contributed by atoms with E-state index in [1.807, 2.05) is 0 Å². The maximum atomic E-state index is 9.33. The zero-order valence-electron chi connectivity index (χ0n) is 11.0. The summed E-state index contributed by atoms with van der Waals surface area (Å²) in [5, 5.41) is 0. The van der Waals surface area contributed by atoms with Gasteiger partial charge in [-0.3, -0.25) is 0 Å². The molecule has 0 aliphatic rings. The molecule has 2 N–H and O–H groups in total. The highest BCUT2D eigenvalue weighted by atomic mass is 28.4. The van der Waals surface area contributed by atoms with Crippen molar-refractivity contribution in [3.63, 3.8) is 0 Å². The van der Waals surface area contributed by atoms with Crippen LogP contribution in [0.1, 0.15) is 6.92 Å². The molecule has 0 aromatic rings. The van der Waals surface area contributed by atoms with Crippen molar-refractivity contribution in [1.82, 2.24) is 0 Å². The highest BCUT2D eigenvalue weighted by Gasteiger charge is 2.49. The average molecular weight is 288 g/mol. The summed E-state index contributed by atoms with van der Waals surface area (Å²) < 4.78 is 28.7. The first-order valence-electron chi connectivity index (χ1n) is 5.02. The molecule has 0 radical (unpaired) electrons. The Morgan fingerprint density at radius 1 is 1.06 bits per heavy atom. The van der Waals surface area contributed by atoms with Gasteiger partial charge < -0.3 is 33.0 Å². The molecular weight excluding hydrogens is 268 g/mol. The summed E-state index contributed by atoms with van der Waals surface area (Å²) in [4.78, 5) is 23.4. The topological polar surface area (TPSA) is 105 Å². The number of rotatable bonds is 10. The summed E-state index contributed by atoms with van der Waals surface area (Å²) in [5.41, 5.74) is 0. The fourth-order valence-corrected chi connectivity index (χ4v) is 1.74. The van der Waals surface area contributed by atoms with Gasteiger partial charge in [0, 0.05) is 35.0 Å². The molecule has 110 valence electrons. The highest BCUT2D eigenvalue weighted by Crippen LogP contribution is 2.23. The monoisotopic (exact) mass is 288 g/mol. The van der Waals surface area contributed by atoms with E-state index >= 15 is 0 Å². The van der Waals surface area contributed by atoms with Crippen molar-refractivity contribution in [3.05, 3.63) is 0 Å². The van der Waals surface area contributed by atoms with Gasteiger partial charge in [0.15, 0.2) is 0 Å². The molecule has 18 heavy (non-hydrogen) atoms. The van der Waals surface area contributed by atoms with Crippen molar-refractivity contribution >= 4 is 9.05 Å². The minimum Gasteiger partial charge on any atom is -0.366 e. The molecule has 0 aliphatic heterocycles. The highest BCUT2D eigenvalue weighted by molar-refractivity contribution is 6.49. The van der Waals surface area contributed by atoms with E-state index in [-0.39, 0.29) is 6.61 Å². The van der Waals surface area contributed by atoms with Crippen LogP contribution in [0.25, 0.3) is 0 Å². The van der Waals surface area contributed by atoms with E-state index in [0.29, 0.717) is 0 Å². The van der Waals surface area contributed by atoms with E-state index < -0.39 is 21.3 Å². The van der Waals surface area contributed by atoms with Crippen molar-refractivity contribution in [2.24, 2.45) is 0 Å². The zero-order chi connectivity index (χ0) is 14.2. The molecule has 0 aromatic carbocycles. The quantitative estimate of drug-likeness (QED) is 0.225. The lowest BCUT2D eigenvalue weighted by Crippen LogP contribution is -2.54. The van der Waals surface area contributed by atoms with E-state index in [9.17, 15) is 9.59 Å². The minimum absolute atomic E-state index is 0.0352. The molecule has 0 aromatic heterocycles. The number of hydrogen-bond donors (Lipinski definition) is 2. The van der Waals surface area contributed by atoms with E-state index in [4.69, 9.17) is 23.8 Å². The molecule has 0 spiro atoms. The van der Waals surface area contributed by atoms with Crippen LogP contribution in [0.15, 0.2) is 0 Å². The Hall–Kier alpha value is -0.143. The molecule has 0 atom stereocenters. The molecule has 0 aliphatic carbocycles. The van der Waals surface area contributed by atoms with Gasteiger partial charge in [-0.15, -0.1) is 0 Å². The van der Waals surface area contributed by atoms with Crippen LogP contribution in [-0.2, 0) is 32.8 Å². The Balaban J connectivity index is 4.71. The summed E-state index contributed by atoms with van der Waals surface area (Å²) in [7, 11) is 0.685. The van der Waals surface area contributed by atoms with Crippen molar-refractivity contribution in [1.29, 1.82) is 0 Å². The van der Waals surface area contributed by atoms with Gasteiger partial charge >= 0.3 is 15.0 Å². The van der Waals surface area contributed by atoms with Crippen LogP contribution in [0, 0.1) is 0 Å². The molecule has 0 saturated heterocycles. The van der Waals surface area contributed by atoms with Gasteiger partial charge in [0.05, 0.1) is 0 Å². The lowest BCUT2D eigenvalue weighted by molar-refractivity contribution is -0.524. The lowest BCUT2D eigenvalue weighted by Gasteiger charge is -2.34. The molecule has 0 bridgehead atoms. The number of methoxy groups -OCH3 is 4. The average Bonchev–Trinajstić information content (AvgIpc) is 2.35. The zero-order valence-corrected chi connectivity index (χ0v) is 12.0. The van der Waals surface area contributed by atoms with Gasteiger partial charge in [-0.25, -0.2) is 0 Å². The van der Waals surface area contributed by atoms with Crippen molar-refractivity contribution < 1.29 is 42.4 Å². The summed E-state index contributed by atoms with van der Waals surface area (Å²) >= 11 is 0. The third-order valence-electron chi connectivity index (χ3n) is 1.88. The smallest absolute Gasteiger partial charge is 0.366 e. The molecule has 0 amide bonds. The minimum atomic E-state index is -4.41. The first kappa shape index (κ1) is 17.9. The number of ether oxygens (including phenoxy) is 4. The Bertz CT molecular complexity index is 217. The Kier molecular flexibility index (Phi) is 8.05. The van der Waals surface area contributed by atoms with E-state index in [1.165, 1.54) is 28.4 Å². The van der Waals surface area contributed by atoms with Crippen LogP contribution in [-0.4, -0.2) is 65.9 Å². The standard InChI is InChI=1S/C8H20O9Si/c1-6-15-18(9,10)17-16-8(13-4,14-5)7(11-2)12-3/h7,9-10H,6H2,1-5H3. The Morgan fingerprint density at radius 3 is 1.89 bits per heavy atom. The first-order chi connectivity index (χ1) is 8.41. The van der Waals surface area contributed by atoms with Crippen LogP contribution in [0.5, 0.6) is 0 Å². The molecule has 0 rings (SSSR count). The van der Waals surface area contributed by atoms with Gasteiger partial charge in [-0.1, -0.05) is 0 Å². The fraction of sp³-hybridized carbons (Fsp3) is 1.00. The van der Waals surface area contributed by atoms with E-state index in [0.717, 1.165) is 0 Å². The molecule has 0 heterocycles. The maximum Gasteiger partial charge on any atom is 0.702 e. The van der Waals surface area contributed by atoms with Crippen LogP contribution in [0.3, 0.4) is 0 Å². The summed E-state index contributed by atoms with van der Waals surface area (Å²) in [5.74, 6) is -1.93. The van der Waals surface area contributed by atoms with Crippen LogP contribution >= 0.6 is 0 Å². The molecule has 9 nitrogen and oxygen atoms in total. The molecule has 0 saturated carbocycles. The first-order valence-corrected chi connectivity index (χ1v) is 6.73.